The Balaban J connectivity index is 2.23. The van der Waals surface area contributed by atoms with Gasteiger partial charge in [-0.05, 0) is 78.7 Å². The van der Waals surface area contributed by atoms with Crippen LogP contribution in [-0.4, -0.2) is 54.5 Å². The third-order valence-corrected chi connectivity index (χ3v) is 7.21. The first-order valence-corrected chi connectivity index (χ1v) is 15.4. The first-order valence-electron chi connectivity index (χ1n) is 14.6. The van der Waals surface area contributed by atoms with E-state index in [1.165, 1.54) is 13.2 Å². The van der Waals surface area contributed by atoms with Crippen LogP contribution in [0.15, 0.2) is 53.0 Å². The first-order chi connectivity index (χ1) is 20.5. The van der Waals surface area contributed by atoms with Gasteiger partial charge in [-0.1, -0.05) is 58.0 Å². The van der Waals surface area contributed by atoms with Crippen molar-refractivity contribution in [2.24, 2.45) is 17.8 Å². The minimum Gasteiger partial charge on any atom is -0.467 e. The van der Waals surface area contributed by atoms with Crippen molar-refractivity contribution in [2.45, 2.75) is 79.0 Å². The average molecular weight is 675 g/mol. The summed E-state index contributed by atoms with van der Waals surface area (Å²) in [5, 5.41) is 8.22. The number of anilines is 1. The van der Waals surface area contributed by atoms with E-state index >= 15 is 0 Å². The average Bonchev–Trinajstić information content (AvgIpc) is 2.93. The smallest absolute Gasteiger partial charge is 0.328 e. The lowest BCUT2D eigenvalue weighted by atomic mass is 9.94. The molecule has 2 aromatic carbocycles. The van der Waals surface area contributed by atoms with Crippen molar-refractivity contribution in [3.05, 3.63) is 64.1 Å². The van der Waals surface area contributed by atoms with E-state index in [-0.39, 0.29) is 30.2 Å². The molecule has 3 atom stereocenters. The number of rotatable bonds is 13. The molecule has 2 rings (SSSR count). The molecule has 3 amide bonds. The van der Waals surface area contributed by atoms with Crippen LogP contribution in [0.2, 0.25) is 0 Å². The lowest BCUT2D eigenvalue weighted by molar-refractivity contribution is -0.163. The van der Waals surface area contributed by atoms with Crippen molar-refractivity contribution in [1.29, 1.82) is 0 Å². The van der Waals surface area contributed by atoms with E-state index in [9.17, 15) is 24.0 Å². The summed E-state index contributed by atoms with van der Waals surface area (Å²) in [5.41, 5.74) is 0.543. The minimum absolute atomic E-state index is 0.0309. The summed E-state index contributed by atoms with van der Waals surface area (Å²) >= 11 is 3.37. The summed E-state index contributed by atoms with van der Waals surface area (Å²) < 4.78 is 10.8. The Bertz CT molecular complexity index is 1320. The zero-order valence-electron chi connectivity index (χ0n) is 26.7. The van der Waals surface area contributed by atoms with Gasteiger partial charge >= 0.3 is 11.9 Å². The number of ether oxygens (including phenoxy) is 2. The lowest BCUT2D eigenvalue weighted by Gasteiger charge is -2.27. The van der Waals surface area contributed by atoms with Gasteiger partial charge in [0.2, 0.25) is 11.8 Å². The van der Waals surface area contributed by atoms with Gasteiger partial charge in [-0.2, -0.15) is 0 Å². The fourth-order valence-corrected chi connectivity index (χ4v) is 4.79. The van der Waals surface area contributed by atoms with Crippen molar-refractivity contribution in [1.82, 2.24) is 10.6 Å². The number of hydrogen-bond donors (Lipinski definition) is 3. The number of carbonyl (C=O) groups is 5. The van der Waals surface area contributed by atoms with Gasteiger partial charge < -0.3 is 25.4 Å². The summed E-state index contributed by atoms with van der Waals surface area (Å²) in [4.78, 5) is 65.3. The summed E-state index contributed by atoms with van der Waals surface area (Å²) in [6, 6.07) is 12.0. The number of nitrogens with one attached hydrogen (secondary N) is 3. The molecule has 0 aliphatic heterocycles. The Kier molecular flexibility index (Phi) is 13.6. The minimum atomic E-state index is -1.08. The maximum absolute atomic E-state index is 13.4. The molecule has 0 bridgehead atoms. The molecule has 2 aromatic rings. The highest BCUT2D eigenvalue weighted by Gasteiger charge is 2.35. The van der Waals surface area contributed by atoms with Gasteiger partial charge in [-0.25, -0.2) is 4.79 Å². The number of hydrogen-bond acceptors (Lipinski definition) is 7. The van der Waals surface area contributed by atoms with Crippen molar-refractivity contribution in [3.63, 3.8) is 0 Å². The van der Waals surface area contributed by atoms with Crippen LogP contribution in [0.3, 0.4) is 0 Å². The Morgan fingerprint density at radius 2 is 1.50 bits per heavy atom. The summed E-state index contributed by atoms with van der Waals surface area (Å²) in [6.07, 6.45) is 0.485. The summed E-state index contributed by atoms with van der Waals surface area (Å²) in [7, 11) is 1.25. The van der Waals surface area contributed by atoms with Crippen LogP contribution >= 0.6 is 15.9 Å². The number of esters is 2. The summed E-state index contributed by atoms with van der Waals surface area (Å²) in [6.45, 7) is 12.5. The first kappa shape index (κ1) is 36.5. The molecular weight excluding hydrogens is 630 g/mol. The molecule has 0 spiro atoms. The van der Waals surface area contributed by atoms with Gasteiger partial charge in [0.25, 0.3) is 5.91 Å². The van der Waals surface area contributed by atoms with E-state index in [0.29, 0.717) is 10.2 Å². The van der Waals surface area contributed by atoms with Crippen LogP contribution in [0.4, 0.5) is 5.69 Å². The number of methoxy groups -OCH3 is 1. The highest BCUT2D eigenvalue weighted by Crippen LogP contribution is 2.23. The van der Waals surface area contributed by atoms with Crippen LogP contribution in [0, 0.1) is 17.8 Å². The Hall–Kier alpha value is -3.73. The van der Waals surface area contributed by atoms with Crippen LogP contribution in [0.5, 0.6) is 0 Å². The van der Waals surface area contributed by atoms with Gasteiger partial charge in [0.05, 0.1) is 12.7 Å². The zero-order chi connectivity index (χ0) is 33.2. The van der Waals surface area contributed by atoms with Crippen LogP contribution in [-0.2, 0) is 35.1 Å². The van der Waals surface area contributed by atoms with E-state index in [0.717, 1.165) is 5.56 Å². The standard InChI is InChI=1S/C33H44BrN3O7/c1-19(2)16-24(31(41)44-33(5,6)7)29(39)37-27(20(3)4)30(40)35-22-14-15-25(34)23(18-22)28(38)36-26(32(42)43-8)17-21-12-10-9-11-13-21/h9-15,18-20,24,26-27H,16-17H2,1-8H3,(H,35,40)(H,36,38)(H,37,39)/t24-,26-,27-/m0/s1. The molecule has 0 aliphatic carbocycles. The molecule has 0 unspecified atom stereocenters. The van der Waals surface area contributed by atoms with Crippen molar-refractivity contribution < 1.29 is 33.4 Å². The molecule has 11 heteroatoms. The second kappa shape index (κ2) is 16.4. The molecule has 0 saturated heterocycles. The number of halogens is 1. The van der Waals surface area contributed by atoms with Crippen LogP contribution in [0.25, 0.3) is 0 Å². The van der Waals surface area contributed by atoms with Gasteiger partial charge in [-0.3, -0.25) is 19.2 Å². The highest BCUT2D eigenvalue weighted by atomic mass is 79.9. The third kappa shape index (κ3) is 11.4. The number of carbonyl (C=O) groups excluding carboxylic acids is 5. The van der Waals surface area contributed by atoms with Crippen LogP contribution in [0.1, 0.15) is 70.8 Å². The molecule has 0 heterocycles. The molecule has 0 fully saturated rings. The Labute approximate surface area is 268 Å². The second-order valence-electron chi connectivity index (χ2n) is 12.4. The van der Waals surface area contributed by atoms with Crippen molar-refractivity contribution in [2.75, 3.05) is 12.4 Å². The van der Waals surface area contributed by atoms with Crippen LogP contribution < -0.4 is 16.0 Å². The molecular formula is C33H44BrN3O7. The molecule has 3 N–H and O–H groups in total. The molecule has 0 saturated carbocycles. The van der Waals surface area contributed by atoms with E-state index < -0.39 is 53.3 Å². The van der Waals surface area contributed by atoms with Crippen molar-refractivity contribution in [3.8, 4) is 0 Å². The fraction of sp³-hybridized carbons (Fsp3) is 0.485. The van der Waals surface area contributed by atoms with Gasteiger partial charge in [0, 0.05) is 16.6 Å². The Morgan fingerprint density at radius 1 is 0.864 bits per heavy atom. The maximum Gasteiger partial charge on any atom is 0.328 e. The predicted molar refractivity (Wildman–Crippen MR) is 172 cm³/mol. The van der Waals surface area contributed by atoms with E-state index in [4.69, 9.17) is 9.47 Å². The normalized spacial score (nSPS) is 13.4. The largest absolute Gasteiger partial charge is 0.467 e. The van der Waals surface area contributed by atoms with E-state index in [1.807, 2.05) is 44.2 Å². The number of benzene rings is 2. The Morgan fingerprint density at radius 3 is 2.05 bits per heavy atom. The van der Waals surface area contributed by atoms with Gasteiger partial charge in [0.15, 0.2) is 0 Å². The molecule has 0 aromatic heterocycles. The molecule has 44 heavy (non-hydrogen) atoms. The number of amides is 3. The lowest BCUT2D eigenvalue weighted by Crippen LogP contribution is -2.51. The monoisotopic (exact) mass is 673 g/mol. The predicted octanol–water partition coefficient (Wildman–Crippen LogP) is 5.05. The third-order valence-electron chi connectivity index (χ3n) is 6.51. The maximum atomic E-state index is 13.4. The fourth-order valence-electron chi connectivity index (χ4n) is 4.36. The van der Waals surface area contributed by atoms with Crippen molar-refractivity contribution >= 4 is 51.3 Å². The highest BCUT2D eigenvalue weighted by molar-refractivity contribution is 9.10. The topological polar surface area (TPSA) is 140 Å². The zero-order valence-corrected chi connectivity index (χ0v) is 28.2. The van der Waals surface area contributed by atoms with Gasteiger partial charge in [-0.15, -0.1) is 0 Å². The van der Waals surface area contributed by atoms with E-state index in [2.05, 4.69) is 31.9 Å². The quantitative estimate of drug-likeness (QED) is 0.200. The van der Waals surface area contributed by atoms with E-state index in [1.54, 1.807) is 46.8 Å². The summed E-state index contributed by atoms with van der Waals surface area (Å²) in [5.74, 6) is -4.28. The molecule has 10 nitrogen and oxygen atoms in total. The molecule has 0 aliphatic rings. The molecule has 240 valence electrons. The second-order valence-corrected chi connectivity index (χ2v) is 13.2. The van der Waals surface area contributed by atoms with Gasteiger partial charge in [0.1, 0.15) is 23.6 Å². The molecule has 0 radical (unpaired) electrons. The SMILES string of the molecule is COC(=O)[C@H](Cc1ccccc1)NC(=O)c1cc(NC(=O)[C@@H](NC(=O)[C@H](CC(C)C)C(=O)OC(C)(C)C)C(C)C)ccc1Br.